The fraction of sp³-hybridized carbons (Fsp3) is 0.444. The van der Waals surface area contributed by atoms with Crippen molar-refractivity contribution in [2.45, 2.75) is 31.9 Å². The molecule has 2 aromatic rings. The smallest absolute Gasteiger partial charge is 0.357 e. The molecule has 0 saturated heterocycles. The van der Waals surface area contributed by atoms with Crippen LogP contribution in [0.1, 0.15) is 29.3 Å². The molecule has 1 heterocycles. The van der Waals surface area contributed by atoms with E-state index < -0.39 is 27.5 Å². The molecule has 166 valence electrons. The van der Waals surface area contributed by atoms with Gasteiger partial charge in [0.05, 0.1) is 12.3 Å². The van der Waals surface area contributed by atoms with Gasteiger partial charge in [-0.3, -0.25) is 4.68 Å². The van der Waals surface area contributed by atoms with Crippen LogP contribution in [0, 0.1) is 5.82 Å². The Morgan fingerprint density at radius 3 is 2.50 bits per heavy atom. The Hall–Kier alpha value is -2.63. The summed E-state index contributed by atoms with van der Waals surface area (Å²) in [6, 6.07) is 3.77. The number of aliphatic imine (C=N–C) groups is 1. The molecule has 2 N–H and O–H groups in total. The fourth-order valence-corrected chi connectivity index (χ4v) is 3.61. The van der Waals surface area contributed by atoms with E-state index >= 15 is 0 Å². The summed E-state index contributed by atoms with van der Waals surface area (Å²) in [4.78, 5) is 4.14. The van der Waals surface area contributed by atoms with Crippen molar-refractivity contribution in [1.82, 2.24) is 20.4 Å². The van der Waals surface area contributed by atoms with Crippen molar-refractivity contribution < 1.29 is 26.0 Å². The van der Waals surface area contributed by atoms with Crippen LogP contribution in [0.3, 0.4) is 0 Å². The zero-order valence-corrected chi connectivity index (χ0v) is 17.5. The molecule has 2 rings (SSSR count). The van der Waals surface area contributed by atoms with E-state index in [1.807, 2.05) is 0 Å². The summed E-state index contributed by atoms with van der Waals surface area (Å²) < 4.78 is 77.2. The highest BCUT2D eigenvalue weighted by atomic mass is 32.2. The molecular weight excluding hydrogens is 426 g/mol. The lowest BCUT2D eigenvalue weighted by Gasteiger charge is -2.14. The second-order valence-corrected chi connectivity index (χ2v) is 8.85. The summed E-state index contributed by atoms with van der Waals surface area (Å²) in [5.74, 6) is -0.594. The van der Waals surface area contributed by atoms with E-state index in [1.54, 1.807) is 6.92 Å². The molecule has 1 aromatic heterocycles. The van der Waals surface area contributed by atoms with Crippen molar-refractivity contribution >= 4 is 15.8 Å². The van der Waals surface area contributed by atoms with Gasteiger partial charge in [-0.2, -0.15) is 18.3 Å². The molecule has 12 heteroatoms. The number of hydrogen-bond acceptors (Lipinski definition) is 4. The van der Waals surface area contributed by atoms with E-state index in [0.29, 0.717) is 17.7 Å². The number of halogens is 4. The number of nitrogens with one attached hydrogen (secondary N) is 2. The third kappa shape index (κ3) is 7.01. The maximum atomic E-state index is 13.6. The van der Waals surface area contributed by atoms with E-state index in [0.717, 1.165) is 10.9 Å². The quantitative estimate of drug-likeness (QED) is 0.385. The van der Waals surface area contributed by atoms with E-state index in [4.69, 9.17) is 0 Å². The standard InChI is InChI=1S/C18H23F4N5O2S/c1-4-23-17(25-9-14-10-27(2)26-16(14)18(20,21)22)24-8-13-7-15(19)6-5-12(13)11-30(3,28)29/h5-7,10H,4,8-9,11H2,1-3H3,(H2,23,24,25). The summed E-state index contributed by atoms with van der Waals surface area (Å²) in [7, 11) is -1.95. The van der Waals surface area contributed by atoms with Gasteiger partial charge in [0, 0.05) is 38.2 Å². The molecule has 0 aliphatic heterocycles. The SMILES string of the molecule is CCNC(=NCc1cn(C)nc1C(F)(F)F)NCc1cc(F)ccc1CS(C)(=O)=O. The van der Waals surface area contributed by atoms with E-state index in [9.17, 15) is 26.0 Å². The number of benzene rings is 1. The van der Waals surface area contributed by atoms with Gasteiger partial charge in [-0.25, -0.2) is 17.8 Å². The van der Waals surface area contributed by atoms with Crippen LogP contribution in [-0.4, -0.2) is 37.0 Å². The van der Waals surface area contributed by atoms with Crippen LogP contribution < -0.4 is 10.6 Å². The van der Waals surface area contributed by atoms with Gasteiger partial charge in [-0.15, -0.1) is 0 Å². The van der Waals surface area contributed by atoms with Crippen LogP contribution in [0.4, 0.5) is 17.6 Å². The topological polar surface area (TPSA) is 88.4 Å². The van der Waals surface area contributed by atoms with Gasteiger partial charge in [0.1, 0.15) is 5.82 Å². The molecule has 0 unspecified atom stereocenters. The average Bonchev–Trinajstić information content (AvgIpc) is 2.99. The average molecular weight is 449 g/mol. The Morgan fingerprint density at radius 1 is 1.20 bits per heavy atom. The minimum Gasteiger partial charge on any atom is -0.357 e. The Bertz CT molecular complexity index is 1020. The van der Waals surface area contributed by atoms with Crippen LogP contribution in [0.5, 0.6) is 0 Å². The van der Waals surface area contributed by atoms with Gasteiger partial charge in [0.15, 0.2) is 21.5 Å². The minimum absolute atomic E-state index is 0.0353. The van der Waals surface area contributed by atoms with Gasteiger partial charge in [0.2, 0.25) is 0 Å². The number of aryl methyl sites for hydroxylation is 1. The lowest BCUT2D eigenvalue weighted by Crippen LogP contribution is -2.37. The van der Waals surface area contributed by atoms with Crippen molar-refractivity contribution in [2.24, 2.45) is 12.0 Å². The molecule has 0 bridgehead atoms. The third-order valence-corrected chi connectivity index (χ3v) is 4.79. The first-order valence-corrected chi connectivity index (χ1v) is 11.0. The Morgan fingerprint density at radius 2 is 1.90 bits per heavy atom. The molecular formula is C18H23F4N5O2S. The van der Waals surface area contributed by atoms with Crippen LogP contribution >= 0.6 is 0 Å². The zero-order valence-electron chi connectivity index (χ0n) is 16.7. The predicted molar refractivity (Wildman–Crippen MR) is 105 cm³/mol. The van der Waals surface area contributed by atoms with Crippen molar-refractivity contribution in [2.75, 3.05) is 12.8 Å². The zero-order chi connectivity index (χ0) is 22.5. The summed E-state index contributed by atoms with van der Waals surface area (Å²) in [6.45, 7) is 1.97. The Balaban J connectivity index is 2.21. The van der Waals surface area contributed by atoms with Crippen molar-refractivity contribution in [3.05, 3.63) is 52.6 Å². The number of rotatable bonds is 7. The van der Waals surface area contributed by atoms with Gasteiger partial charge in [0.25, 0.3) is 0 Å². The van der Waals surface area contributed by atoms with Crippen LogP contribution in [0.25, 0.3) is 0 Å². The molecule has 0 spiro atoms. The van der Waals surface area contributed by atoms with Crippen molar-refractivity contribution in [1.29, 1.82) is 0 Å². The Kier molecular flexibility index (Phi) is 7.45. The Labute approximate surface area is 172 Å². The van der Waals surface area contributed by atoms with E-state index in [2.05, 4.69) is 20.7 Å². The van der Waals surface area contributed by atoms with Crippen molar-refractivity contribution in [3.8, 4) is 0 Å². The van der Waals surface area contributed by atoms with Crippen molar-refractivity contribution in [3.63, 3.8) is 0 Å². The number of aromatic nitrogens is 2. The maximum Gasteiger partial charge on any atom is 0.435 e. The highest BCUT2D eigenvalue weighted by Crippen LogP contribution is 2.30. The number of nitrogens with zero attached hydrogens (tertiary/aromatic N) is 3. The third-order valence-electron chi connectivity index (χ3n) is 3.96. The van der Waals surface area contributed by atoms with E-state index in [-0.39, 0.29) is 30.4 Å². The largest absolute Gasteiger partial charge is 0.435 e. The molecule has 1 aromatic carbocycles. The monoisotopic (exact) mass is 449 g/mol. The summed E-state index contributed by atoms with van der Waals surface area (Å²) in [6.07, 6.45) is -2.28. The highest BCUT2D eigenvalue weighted by molar-refractivity contribution is 7.89. The summed E-state index contributed by atoms with van der Waals surface area (Å²) in [5.41, 5.74) is -0.270. The molecule has 0 saturated carbocycles. The van der Waals surface area contributed by atoms with Gasteiger partial charge in [-0.05, 0) is 30.2 Å². The van der Waals surface area contributed by atoms with Crippen LogP contribution in [0.15, 0.2) is 29.4 Å². The first-order valence-electron chi connectivity index (χ1n) is 8.96. The first-order chi connectivity index (χ1) is 13.9. The van der Waals surface area contributed by atoms with Crippen LogP contribution in [-0.2, 0) is 41.9 Å². The number of sulfone groups is 1. The number of guanidine groups is 1. The predicted octanol–water partition coefficient (Wildman–Crippen LogP) is 2.38. The molecule has 30 heavy (non-hydrogen) atoms. The second kappa shape index (κ2) is 9.45. The summed E-state index contributed by atoms with van der Waals surface area (Å²) in [5, 5.41) is 9.22. The fourth-order valence-electron chi connectivity index (χ4n) is 2.76. The lowest BCUT2D eigenvalue weighted by molar-refractivity contribution is -0.142. The van der Waals surface area contributed by atoms with Gasteiger partial charge in [-0.1, -0.05) is 6.07 Å². The molecule has 0 aliphatic rings. The first kappa shape index (κ1) is 23.6. The lowest BCUT2D eigenvalue weighted by atomic mass is 10.1. The molecule has 0 aliphatic carbocycles. The van der Waals surface area contributed by atoms with Crippen LogP contribution in [0.2, 0.25) is 0 Å². The molecule has 0 fully saturated rings. The molecule has 7 nitrogen and oxygen atoms in total. The molecule has 0 radical (unpaired) electrons. The minimum atomic E-state index is -4.60. The highest BCUT2D eigenvalue weighted by Gasteiger charge is 2.36. The number of hydrogen-bond donors (Lipinski definition) is 2. The molecule has 0 amide bonds. The second-order valence-electron chi connectivity index (χ2n) is 6.71. The molecule has 0 atom stereocenters. The summed E-state index contributed by atoms with van der Waals surface area (Å²) >= 11 is 0. The number of alkyl halides is 3. The van der Waals surface area contributed by atoms with E-state index in [1.165, 1.54) is 31.4 Å². The normalized spacial score (nSPS) is 12.8. The van der Waals surface area contributed by atoms with Gasteiger partial charge >= 0.3 is 6.18 Å². The maximum absolute atomic E-state index is 13.6. The van der Waals surface area contributed by atoms with Gasteiger partial charge < -0.3 is 10.6 Å².